The van der Waals surface area contributed by atoms with Gasteiger partial charge in [-0.05, 0) is 36.5 Å². The zero-order chi connectivity index (χ0) is 17.4. The van der Waals surface area contributed by atoms with Crippen LogP contribution in [0.5, 0.6) is 0 Å². The molecule has 1 unspecified atom stereocenters. The molecule has 1 atom stereocenters. The summed E-state index contributed by atoms with van der Waals surface area (Å²) in [5.41, 5.74) is 2.11. The van der Waals surface area contributed by atoms with Crippen molar-refractivity contribution in [2.75, 3.05) is 18.0 Å². The molecule has 6 heteroatoms. The highest BCUT2D eigenvalue weighted by atomic mass is 19.1. The molecule has 1 aromatic heterocycles. The van der Waals surface area contributed by atoms with Crippen molar-refractivity contribution in [3.05, 3.63) is 53.1 Å². The van der Waals surface area contributed by atoms with E-state index in [0.717, 1.165) is 30.8 Å². The van der Waals surface area contributed by atoms with Crippen molar-refractivity contribution >= 4 is 11.9 Å². The van der Waals surface area contributed by atoms with E-state index in [1.165, 1.54) is 18.6 Å². The second kappa shape index (κ2) is 6.43. The lowest BCUT2D eigenvalue weighted by Crippen LogP contribution is -2.35. The molecule has 0 bridgehead atoms. The van der Waals surface area contributed by atoms with E-state index in [9.17, 15) is 9.18 Å². The Morgan fingerprint density at radius 1 is 1.36 bits per heavy atom. The van der Waals surface area contributed by atoms with Gasteiger partial charge in [-0.3, -0.25) is 4.79 Å². The Balaban J connectivity index is 1.53. The SMILES string of the molecule is CC1CCCN(c2ncc3c(n2)CN(Cc2cccc(F)c2)C3=O)C1. The van der Waals surface area contributed by atoms with Crippen molar-refractivity contribution in [1.29, 1.82) is 0 Å². The molecule has 1 aromatic carbocycles. The fourth-order valence-corrected chi connectivity index (χ4v) is 3.64. The number of carbonyl (C=O) groups excluding carboxylic acids is 1. The number of rotatable bonds is 3. The van der Waals surface area contributed by atoms with Crippen molar-refractivity contribution in [3.8, 4) is 0 Å². The van der Waals surface area contributed by atoms with Gasteiger partial charge in [0.05, 0.1) is 17.8 Å². The average Bonchev–Trinajstić information content (AvgIpc) is 2.90. The van der Waals surface area contributed by atoms with Crippen LogP contribution in [-0.2, 0) is 13.1 Å². The lowest BCUT2D eigenvalue weighted by Gasteiger charge is -2.30. The smallest absolute Gasteiger partial charge is 0.258 e. The number of halogens is 1. The molecule has 2 aliphatic rings. The van der Waals surface area contributed by atoms with Crippen molar-refractivity contribution in [2.45, 2.75) is 32.9 Å². The minimum absolute atomic E-state index is 0.0853. The molecule has 0 spiro atoms. The zero-order valence-electron chi connectivity index (χ0n) is 14.3. The van der Waals surface area contributed by atoms with Gasteiger partial charge in [-0.25, -0.2) is 14.4 Å². The molecule has 5 nitrogen and oxygen atoms in total. The van der Waals surface area contributed by atoms with Crippen LogP contribution < -0.4 is 4.90 Å². The van der Waals surface area contributed by atoms with Gasteiger partial charge in [0.15, 0.2) is 0 Å². The summed E-state index contributed by atoms with van der Waals surface area (Å²) in [5, 5.41) is 0. The summed E-state index contributed by atoms with van der Waals surface area (Å²) in [6.45, 7) is 4.99. The van der Waals surface area contributed by atoms with E-state index in [1.54, 1.807) is 17.2 Å². The molecule has 0 N–H and O–H groups in total. The van der Waals surface area contributed by atoms with Crippen molar-refractivity contribution in [3.63, 3.8) is 0 Å². The molecule has 2 aromatic rings. The van der Waals surface area contributed by atoms with Crippen molar-refractivity contribution in [1.82, 2.24) is 14.9 Å². The van der Waals surface area contributed by atoms with Gasteiger partial charge in [0, 0.05) is 25.8 Å². The number of aromatic nitrogens is 2. The normalized spacial score (nSPS) is 20.1. The van der Waals surface area contributed by atoms with Gasteiger partial charge in [-0.15, -0.1) is 0 Å². The van der Waals surface area contributed by atoms with Crippen LogP contribution in [0.2, 0.25) is 0 Å². The van der Waals surface area contributed by atoms with E-state index >= 15 is 0 Å². The van der Waals surface area contributed by atoms with Crippen LogP contribution in [-0.4, -0.2) is 33.9 Å². The van der Waals surface area contributed by atoms with Gasteiger partial charge in [-0.1, -0.05) is 19.1 Å². The maximum atomic E-state index is 13.4. The summed E-state index contributed by atoms with van der Waals surface area (Å²) in [4.78, 5) is 25.5. The minimum Gasteiger partial charge on any atom is -0.341 e. The first-order chi connectivity index (χ1) is 12.1. The fraction of sp³-hybridized carbons (Fsp3) is 0.421. The summed E-state index contributed by atoms with van der Waals surface area (Å²) in [6.07, 6.45) is 4.03. The Kier molecular flexibility index (Phi) is 4.11. The van der Waals surface area contributed by atoms with Crippen molar-refractivity contribution in [2.24, 2.45) is 5.92 Å². The fourth-order valence-electron chi connectivity index (χ4n) is 3.64. The van der Waals surface area contributed by atoms with Gasteiger partial charge in [0.1, 0.15) is 5.82 Å². The van der Waals surface area contributed by atoms with Crippen LogP contribution >= 0.6 is 0 Å². The summed E-state index contributed by atoms with van der Waals surface area (Å²) in [7, 11) is 0. The van der Waals surface area contributed by atoms with Crippen LogP contribution in [0.4, 0.5) is 10.3 Å². The maximum Gasteiger partial charge on any atom is 0.258 e. The third-order valence-corrected chi connectivity index (χ3v) is 4.92. The standard InChI is InChI=1S/C19H21FN4O/c1-13-4-3-7-23(10-13)19-21-9-16-17(22-19)12-24(18(16)25)11-14-5-2-6-15(20)8-14/h2,5-6,8-9,13H,3-4,7,10-12H2,1H3. The number of anilines is 1. The molecule has 0 saturated carbocycles. The third-order valence-electron chi connectivity index (χ3n) is 4.92. The number of carbonyl (C=O) groups is 1. The van der Waals surface area contributed by atoms with Gasteiger partial charge in [-0.2, -0.15) is 0 Å². The number of nitrogens with zero attached hydrogens (tertiary/aromatic N) is 4. The highest BCUT2D eigenvalue weighted by Crippen LogP contribution is 2.26. The third kappa shape index (κ3) is 3.21. The molecule has 1 saturated heterocycles. The Morgan fingerprint density at radius 3 is 3.04 bits per heavy atom. The van der Waals surface area contributed by atoms with Crippen LogP contribution in [0.15, 0.2) is 30.5 Å². The first kappa shape index (κ1) is 16.0. The highest BCUT2D eigenvalue weighted by molar-refractivity contribution is 5.97. The molecule has 0 aliphatic carbocycles. The van der Waals surface area contributed by atoms with E-state index in [4.69, 9.17) is 0 Å². The van der Waals surface area contributed by atoms with Crippen molar-refractivity contribution < 1.29 is 9.18 Å². The number of amides is 1. The van der Waals surface area contributed by atoms with Gasteiger partial charge in [0.25, 0.3) is 5.91 Å². The number of hydrogen-bond acceptors (Lipinski definition) is 4. The number of benzene rings is 1. The average molecular weight is 340 g/mol. The lowest BCUT2D eigenvalue weighted by molar-refractivity contribution is 0.0766. The first-order valence-electron chi connectivity index (χ1n) is 8.75. The molecule has 4 rings (SSSR count). The maximum absolute atomic E-state index is 13.4. The summed E-state index contributed by atoms with van der Waals surface area (Å²) < 4.78 is 13.4. The summed E-state index contributed by atoms with van der Waals surface area (Å²) in [6, 6.07) is 6.35. The number of piperidine rings is 1. The van der Waals surface area contributed by atoms with Crippen LogP contribution in [0.1, 0.15) is 41.4 Å². The largest absolute Gasteiger partial charge is 0.341 e. The van der Waals surface area contributed by atoms with Crippen LogP contribution in [0.25, 0.3) is 0 Å². The molecule has 3 heterocycles. The highest BCUT2D eigenvalue weighted by Gasteiger charge is 2.30. The van der Waals surface area contributed by atoms with Gasteiger partial charge < -0.3 is 9.80 Å². The number of hydrogen-bond donors (Lipinski definition) is 0. The van der Waals surface area contributed by atoms with Crippen LogP contribution in [0.3, 0.4) is 0 Å². The van der Waals surface area contributed by atoms with E-state index < -0.39 is 0 Å². The Hall–Kier alpha value is -2.50. The van der Waals surface area contributed by atoms with Crippen LogP contribution in [0, 0.1) is 11.7 Å². The van der Waals surface area contributed by atoms with E-state index in [2.05, 4.69) is 21.8 Å². The molecule has 1 fully saturated rings. The van der Waals surface area contributed by atoms with E-state index in [-0.39, 0.29) is 11.7 Å². The molecule has 130 valence electrons. The molecule has 2 aliphatic heterocycles. The second-order valence-corrected chi connectivity index (χ2v) is 7.01. The Bertz CT molecular complexity index is 810. The minimum atomic E-state index is -0.289. The molecule has 0 radical (unpaired) electrons. The molecule has 1 amide bonds. The zero-order valence-corrected chi connectivity index (χ0v) is 14.3. The second-order valence-electron chi connectivity index (χ2n) is 7.01. The molecule has 25 heavy (non-hydrogen) atoms. The van der Waals surface area contributed by atoms with Gasteiger partial charge in [0.2, 0.25) is 5.95 Å². The van der Waals surface area contributed by atoms with E-state index in [1.807, 2.05) is 6.07 Å². The predicted molar refractivity (Wildman–Crippen MR) is 92.6 cm³/mol. The molecular formula is C19H21FN4O. The van der Waals surface area contributed by atoms with E-state index in [0.29, 0.717) is 30.5 Å². The summed E-state index contributed by atoms with van der Waals surface area (Å²) in [5.74, 6) is 0.975. The van der Waals surface area contributed by atoms with Gasteiger partial charge >= 0.3 is 0 Å². The topological polar surface area (TPSA) is 49.3 Å². The monoisotopic (exact) mass is 340 g/mol. The first-order valence-corrected chi connectivity index (χ1v) is 8.75. The molecular weight excluding hydrogens is 319 g/mol. The Morgan fingerprint density at radius 2 is 2.24 bits per heavy atom. The number of fused-ring (bicyclic) bond motifs is 1. The summed E-state index contributed by atoms with van der Waals surface area (Å²) >= 11 is 0. The Labute approximate surface area is 146 Å². The quantitative estimate of drug-likeness (QED) is 0.862. The predicted octanol–water partition coefficient (Wildman–Crippen LogP) is 3.01. The lowest BCUT2D eigenvalue weighted by atomic mass is 10.0.